The Kier molecular flexibility index (Phi) is 7.50. The van der Waals surface area contributed by atoms with Crippen LogP contribution in [0.2, 0.25) is 0 Å². The van der Waals surface area contributed by atoms with Crippen molar-refractivity contribution < 1.29 is 48.2 Å². The lowest BCUT2D eigenvalue weighted by atomic mass is 9.80. The lowest BCUT2D eigenvalue weighted by molar-refractivity contribution is -0.133. The van der Waals surface area contributed by atoms with E-state index in [1.54, 1.807) is 48.5 Å². The predicted octanol–water partition coefficient (Wildman–Crippen LogP) is 2.09. The third-order valence-electron chi connectivity index (χ3n) is 7.63. The normalized spacial score (nSPS) is 21.0. The van der Waals surface area contributed by atoms with Crippen LogP contribution in [0.25, 0.3) is 0 Å². The van der Waals surface area contributed by atoms with Crippen molar-refractivity contribution in [3.63, 3.8) is 0 Å². The van der Waals surface area contributed by atoms with Gasteiger partial charge in [-0.2, -0.15) is 0 Å². The molecule has 42 heavy (non-hydrogen) atoms. The Labute approximate surface area is 242 Å². The van der Waals surface area contributed by atoms with Gasteiger partial charge in [0.1, 0.15) is 0 Å². The van der Waals surface area contributed by atoms with Gasteiger partial charge in [-0.3, -0.25) is 9.59 Å². The molecule has 0 bridgehead atoms. The van der Waals surface area contributed by atoms with Gasteiger partial charge in [0.05, 0.1) is 36.7 Å². The van der Waals surface area contributed by atoms with E-state index < -0.39 is 23.0 Å². The number of anilines is 2. The fourth-order valence-electron chi connectivity index (χ4n) is 5.78. The number of aliphatic hydroxyl groups is 2. The number of likely N-dealkylation sites (N-methyl/N-ethyl adjacent to an activating group) is 2. The number of rotatable bonds is 10. The van der Waals surface area contributed by atoms with Crippen LogP contribution in [0.4, 0.5) is 11.4 Å². The summed E-state index contributed by atoms with van der Waals surface area (Å²) in [6, 6.07) is 13.4. The molecule has 0 radical (unpaired) electrons. The number of nitrogens with zero attached hydrogens (tertiary/aromatic N) is 2. The Balaban J connectivity index is 1.96. The Morgan fingerprint density at radius 3 is 1.31 bits per heavy atom. The molecule has 12 nitrogen and oxygen atoms in total. The Bertz CT molecular complexity index is 1440. The lowest BCUT2D eigenvalue weighted by Gasteiger charge is -2.33. The molecule has 2 unspecified atom stereocenters. The van der Waals surface area contributed by atoms with Gasteiger partial charge in [0.15, 0.2) is 36.6 Å². The van der Waals surface area contributed by atoms with Crippen LogP contribution in [0.15, 0.2) is 48.5 Å². The number of hydrogen-bond acceptors (Lipinski definition) is 10. The minimum Gasteiger partial charge on any atom is -0.492 e. The first-order valence-corrected chi connectivity index (χ1v) is 12.9. The molecule has 0 fully saturated rings. The second-order valence-corrected chi connectivity index (χ2v) is 9.76. The quantitative estimate of drug-likeness (QED) is 0.343. The minimum absolute atomic E-state index is 0.175. The largest absolute Gasteiger partial charge is 0.492 e. The van der Waals surface area contributed by atoms with Crippen molar-refractivity contribution in [1.82, 2.24) is 0 Å². The highest BCUT2D eigenvalue weighted by Crippen LogP contribution is 2.61. The zero-order valence-electron chi connectivity index (χ0n) is 24.1. The summed E-state index contributed by atoms with van der Waals surface area (Å²) in [6.45, 7) is -0.705. The summed E-state index contributed by atoms with van der Waals surface area (Å²) in [6.07, 6.45) is 0. The van der Waals surface area contributed by atoms with Crippen LogP contribution in [0.3, 0.4) is 0 Å². The van der Waals surface area contributed by atoms with E-state index in [1.165, 1.54) is 52.3 Å². The van der Waals surface area contributed by atoms with Crippen molar-refractivity contribution in [1.29, 1.82) is 0 Å². The molecule has 3 aromatic rings. The summed E-state index contributed by atoms with van der Waals surface area (Å²) in [5.41, 5.74) is -3.70. The zero-order valence-corrected chi connectivity index (χ0v) is 24.1. The molecule has 0 aromatic heterocycles. The highest BCUT2D eigenvalue weighted by Gasteiger charge is 2.59. The molecule has 2 aliphatic rings. The van der Waals surface area contributed by atoms with Gasteiger partial charge in [-0.1, -0.05) is 36.4 Å². The Morgan fingerprint density at radius 2 is 0.976 bits per heavy atom. The van der Waals surface area contributed by atoms with E-state index in [-0.39, 0.29) is 58.8 Å². The second kappa shape index (κ2) is 10.8. The van der Waals surface area contributed by atoms with Crippen molar-refractivity contribution in [3.05, 3.63) is 70.8 Å². The first-order chi connectivity index (χ1) is 20.1. The fourth-order valence-corrected chi connectivity index (χ4v) is 5.78. The molecular weight excluding hydrogens is 548 g/mol. The van der Waals surface area contributed by atoms with Crippen LogP contribution < -0.4 is 28.7 Å². The third kappa shape index (κ3) is 3.83. The molecule has 2 N–H and O–H groups in total. The van der Waals surface area contributed by atoms with E-state index in [2.05, 4.69) is 0 Å². The lowest BCUT2D eigenvalue weighted by Crippen LogP contribution is -2.42. The number of hydrogen-bond donors (Lipinski definition) is 2. The molecule has 0 spiro atoms. The van der Waals surface area contributed by atoms with Gasteiger partial charge in [0, 0.05) is 39.4 Å². The van der Waals surface area contributed by atoms with Crippen LogP contribution in [0.1, 0.15) is 22.3 Å². The maximum Gasteiger partial charge on any atom is 0.268 e. The monoisotopic (exact) mass is 580 g/mol. The van der Waals surface area contributed by atoms with Crippen molar-refractivity contribution in [2.24, 2.45) is 0 Å². The topological polar surface area (TPSA) is 136 Å². The first-order valence-electron chi connectivity index (χ1n) is 12.9. The summed E-state index contributed by atoms with van der Waals surface area (Å²) in [7, 11) is 8.43. The van der Waals surface area contributed by atoms with E-state index in [4.69, 9.17) is 28.4 Å². The van der Waals surface area contributed by atoms with Crippen molar-refractivity contribution in [2.45, 2.75) is 11.2 Å². The molecular formula is C30H32N2O10. The van der Waals surface area contributed by atoms with E-state index in [0.717, 1.165) is 0 Å². The van der Waals surface area contributed by atoms with Crippen molar-refractivity contribution in [2.75, 3.05) is 65.9 Å². The number of benzene rings is 3. The van der Waals surface area contributed by atoms with Gasteiger partial charge in [-0.15, -0.1) is 0 Å². The Hall–Kier alpha value is -4.36. The maximum atomic E-state index is 13.9. The van der Waals surface area contributed by atoms with E-state index in [1.807, 2.05) is 0 Å². The number of para-hydroxylation sites is 2. The molecule has 2 atom stereocenters. The predicted molar refractivity (Wildman–Crippen MR) is 150 cm³/mol. The van der Waals surface area contributed by atoms with E-state index in [0.29, 0.717) is 11.4 Å². The standard InChI is InChI=1S/C30H32N2O10/c1-31-19-13-9-7-11-17(19)29(35,27(31)33)21-23(39-5)26(42-16-38-4)22(24(40-6)25(21)41-15-37-3)30(36)18-12-8-10-14-20(18)32(2)28(30)34/h7-14,35-36H,15-16H2,1-6H3. The molecule has 3 aromatic carbocycles. The van der Waals surface area contributed by atoms with Gasteiger partial charge in [0.2, 0.25) is 11.2 Å². The highest BCUT2D eigenvalue weighted by molar-refractivity contribution is 6.12. The Morgan fingerprint density at radius 1 is 0.619 bits per heavy atom. The van der Waals surface area contributed by atoms with Gasteiger partial charge < -0.3 is 48.4 Å². The van der Waals surface area contributed by atoms with E-state index in [9.17, 15) is 19.8 Å². The average molecular weight is 581 g/mol. The van der Waals surface area contributed by atoms with Gasteiger partial charge in [0.25, 0.3) is 11.8 Å². The van der Waals surface area contributed by atoms with Crippen LogP contribution in [0.5, 0.6) is 23.0 Å². The first kappa shape index (κ1) is 29.1. The van der Waals surface area contributed by atoms with Crippen molar-refractivity contribution in [3.8, 4) is 23.0 Å². The SMILES string of the molecule is COCOc1c(OC)c(C2(O)C(=O)N(C)c3ccccc32)c(OCOC)c(OC)c1C1(O)C(=O)N(C)c2ccccc21. The number of carbonyl (C=O) groups excluding carboxylic acids is 2. The molecule has 0 saturated heterocycles. The van der Waals surface area contributed by atoms with Gasteiger partial charge in [-0.05, 0) is 12.1 Å². The average Bonchev–Trinajstić information content (AvgIpc) is 3.34. The second-order valence-electron chi connectivity index (χ2n) is 9.76. The summed E-state index contributed by atoms with van der Waals surface area (Å²) in [5.74, 6) is -2.21. The molecule has 2 heterocycles. The minimum atomic E-state index is -2.37. The van der Waals surface area contributed by atoms with Crippen molar-refractivity contribution >= 4 is 23.2 Å². The molecule has 5 rings (SSSR count). The number of amides is 2. The van der Waals surface area contributed by atoms with Crippen LogP contribution in [-0.4, -0.2) is 78.1 Å². The van der Waals surface area contributed by atoms with Crippen LogP contribution in [0, 0.1) is 0 Å². The van der Waals surface area contributed by atoms with Gasteiger partial charge >= 0.3 is 0 Å². The molecule has 0 aliphatic carbocycles. The molecule has 2 amide bonds. The number of ether oxygens (including phenoxy) is 6. The zero-order chi connectivity index (χ0) is 30.4. The number of carbonyl (C=O) groups is 2. The summed E-state index contributed by atoms with van der Waals surface area (Å²) < 4.78 is 34.0. The molecule has 12 heteroatoms. The third-order valence-corrected chi connectivity index (χ3v) is 7.63. The molecule has 222 valence electrons. The van der Waals surface area contributed by atoms with Gasteiger partial charge in [-0.25, -0.2) is 0 Å². The fraction of sp³-hybridized carbons (Fsp3) is 0.333. The molecule has 0 saturated carbocycles. The molecule has 2 aliphatic heterocycles. The summed E-state index contributed by atoms with van der Waals surface area (Å²) in [4.78, 5) is 30.4. The maximum absolute atomic E-state index is 13.9. The number of methoxy groups -OCH3 is 4. The number of fused-ring (bicyclic) bond motifs is 2. The smallest absolute Gasteiger partial charge is 0.268 e. The van der Waals surface area contributed by atoms with Crippen LogP contribution in [-0.2, 0) is 30.3 Å². The van der Waals surface area contributed by atoms with Crippen LogP contribution >= 0.6 is 0 Å². The van der Waals surface area contributed by atoms with E-state index >= 15 is 0 Å². The summed E-state index contributed by atoms with van der Waals surface area (Å²) in [5, 5.41) is 24.8. The summed E-state index contributed by atoms with van der Waals surface area (Å²) >= 11 is 0. The highest BCUT2D eigenvalue weighted by atomic mass is 16.7.